The van der Waals surface area contributed by atoms with Gasteiger partial charge in [0.15, 0.2) is 0 Å². The third-order valence-electron chi connectivity index (χ3n) is 7.57. The lowest BCUT2D eigenvalue weighted by Crippen LogP contribution is -2.42. The Bertz CT molecular complexity index is 857. The normalized spacial score (nSPS) is 24.0. The first-order chi connectivity index (χ1) is 14.2. The number of benzene rings is 1. The van der Waals surface area contributed by atoms with E-state index in [1.54, 1.807) is 0 Å². The summed E-state index contributed by atoms with van der Waals surface area (Å²) in [4.78, 5) is 14.6. The van der Waals surface area contributed by atoms with Crippen molar-refractivity contribution < 1.29 is 0 Å². The average Bonchev–Trinajstić information content (AvgIpc) is 3.17. The van der Waals surface area contributed by atoms with Gasteiger partial charge in [-0.25, -0.2) is 4.98 Å². The van der Waals surface area contributed by atoms with Crippen LogP contribution in [0.1, 0.15) is 61.8 Å². The second kappa shape index (κ2) is 7.60. The lowest BCUT2D eigenvalue weighted by Gasteiger charge is -2.41. The van der Waals surface area contributed by atoms with Crippen LogP contribution in [0.2, 0.25) is 0 Å². The van der Waals surface area contributed by atoms with Crippen LogP contribution in [0.4, 0.5) is 11.8 Å². The maximum absolute atomic E-state index is 6.23. The van der Waals surface area contributed by atoms with Gasteiger partial charge in [-0.15, -0.1) is 0 Å². The number of rotatable bonds is 3. The molecule has 0 amide bonds. The Balaban J connectivity index is 1.42. The van der Waals surface area contributed by atoms with Gasteiger partial charge in [-0.3, -0.25) is 0 Å². The van der Waals surface area contributed by atoms with Crippen molar-refractivity contribution in [3.8, 4) is 0 Å². The molecule has 2 aromatic rings. The molecule has 0 bridgehead atoms. The van der Waals surface area contributed by atoms with E-state index >= 15 is 0 Å². The lowest BCUT2D eigenvalue weighted by atomic mass is 9.77. The zero-order valence-electron chi connectivity index (χ0n) is 17.6. The van der Waals surface area contributed by atoms with Crippen molar-refractivity contribution in [1.29, 1.82) is 0 Å². The SMILES string of the molecule is CCN1CCC2(CCN(c3nc(N)nc4c3CCCC4c3ccccc3)CC2)C1. The Morgan fingerprint density at radius 2 is 1.83 bits per heavy atom. The fourth-order valence-corrected chi connectivity index (χ4v) is 5.82. The zero-order valence-corrected chi connectivity index (χ0v) is 17.6. The number of hydrogen-bond acceptors (Lipinski definition) is 5. The summed E-state index contributed by atoms with van der Waals surface area (Å²) >= 11 is 0. The summed E-state index contributed by atoms with van der Waals surface area (Å²) in [5, 5.41) is 0. The van der Waals surface area contributed by atoms with Crippen LogP contribution in [0.5, 0.6) is 0 Å². The molecule has 154 valence electrons. The highest BCUT2D eigenvalue weighted by Gasteiger charge is 2.41. The van der Waals surface area contributed by atoms with Crippen LogP contribution in [0.3, 0.4) is 0 Å². The van der Waals surface area contributed by atoms with E-state index in [4.69, 9.17) is 15.7 Å². The van der Waals surface area contributed by atoms with Crippen molar-refractivity contribution in [2.24, 2.45) is 5.41 Å². The van der Waals surface area contributed by atoms with Crippen molar-refractivity contribution in [2.45, 2.75) is 51.4 Å². The predicted molar refractivity (Wildman–Crippen MR) is 118 cm³/mol. The largest absolute Gasteiger partial charge is 0.368 e. The molecule has 5 nitrogen and oxygen atoms in total. The molecule has 2 N–H and O–H groups in total. The second-order valence-electron chi connectivity index (χ2n) is 9.23. The molecule has 2 aliphatic heterocycles. The predicted octanol–water partition coefficient (Wildman–Crippen LogP) is 3.84. The number of piperidine rings is 1. The molecule has 1 spiro atoms. The molecule has 1 atom stereocenters. The van der Waals surface area contributed by atoms with Crippen LogP contribution in [-0.4, -0.2) is 47.6 Å². The van der Waals surface area contributed by atoms with Gasteiger partial charge in [0.05, 0.1) is 5.69 Å². The monoisotopic (exact) mass is 391 g/mol. The number of likely N-dealkylation sites (tertiary alicyclic amines) is 1. The van der Waals surface area contributed by atoms with Crippen molar-refractivity contribution in [2.75, 3.05) is 43.4 Å². The third kappa shape index (κ3) is 3.50. The van der Waals surface area contributed by atoms with E-state index in [9.17, 15) is 0 Å². The van der Waals surface area contributed by atoms with Gasteiger partial charge in [-0.2, -0.15) is 4.98 Å². The van der Waals surface area contributed by atoms with Crippen molar-refractivity contribution in [3.05, 3.63) is 47.2 Å². The summed E-state index contributed by atoms with van der Waals surface area (Å²) in [6.45, 7) is 8.20. The molecule has 5 rings (SSSR count). The highest BCUT2D eigenvalue weighted by Crippen LogP contribution is 2.43. The minimum Gasteiger partial charge on any atom is -0.368 e. The van der Waals surface area contributed by atoms with Gasteiger partial charge in [-0.05, 0) is 62.6 Å². The van der Waals surface area contributed by atoms with Gasteiger partial charge in [-0.1, -0.05) is 37.3 Å². The van der Waals surface area contributed by atoms with Gasteiger partial charge >= 0.3 is 0 Å². The Labute approximate surface area is 174 Å². The topological polar surface area (TPSA) is 58.3 Å². The molecule has 1 unspecified atom stereocenters. The first-order valence-corrected chi connectivity index (χ1v) is 11.4. The molecule has 1 aromatic heterocycles. The first-order valence-electron chi connectivity index (χ1n) is 11.4. The number of nitrogens with two attached hydrogens (primary N) is 1. The maximum atomic E-state index is 6.23. The van der Waals surface area contributed by atoms with Gasteiger partial charge in [0.2, 0.25) is 5.95 Å². The fraction of sp³-hybridized carbons (Fsp3) is 0.583. The molecule has 1 aromatic carbocycles. The maximum Gasteiger partial charge on any atom is 0.222 e. The van der Waals surface area contributed by atoms with E-state index in [0.717, 1.165) is 31.7 Å². The quantitative estimate of drug-likeness (QED) is 0.861. The van der Waals surface area contributed by atoms with Gasteiger partial charge in [0.25, 0.3) is 0 Å². The standard InChI is InChI=1S/C24H33N5/c1-2-28-14-11-24(17-28)12-15-29(16-13-24)22-20-10-6-9-19(18-7-4-3-5-8-18)21(20)26-23(25)27-22/h3-5,7-8,19H,2,6,9-17H2,1H3,(H2,25,26,27). The summed E-state index contributed by atoms with van der Waals surface area (Å²) in [6, 6.07) is 10.8. The van der Waals surface area contributed by atoms with Crippen LogP contribution in [-0.2, 0) is 6.42 Å². The highest BCUT2D eigenvalue weighted by atomic mass is 15.2. The average molecular weight is 392 g/mol. The van der Waals surface area contributed by atoms with E-state index in [1.807, 2.05) is 0 Å². The van der Waals surface area contributed by atoms with Crippen LogP contribution in [0.25, 0.3) is 0 Å². The molecule has 3 aliphatic rings. The summed E-state index contributed by atoms with van der Waals surface area (Å²) < 4.78 is 0. The van der Waals surface area contributed by atoms with E-state index in [0.29, 0.717) is 17.3 Å². The van der Waals surface area contributed by atoms with E-state index in [1.165, 1.54) is 62.1 Å². The number of fused-ring (bicyclic) bond motifs is 1. The van der Waals surface area contributed by atoms with Gasteiger partial charge in [0.1, 0.15) is 5.82 Å². The van der Waals surface area contributed by atoms with Crippen LogP contribution < -0.4 is 10.6 Å². The molecule has 0 saturated carbocycles. The van der Waals surface area contributed by atoms with Gasteiger partial charge in [0, 0.05) is 31.1 Å². The summed E-state index contributed by atoms with van der Waals surface area (Å²) in [5.41, 5.74) is 10.6. The van der Waals surface area contributed by atoms with Gasteiger partial charge < -0.3 is 15.5 Å². The molecule has 1 aliphatic carbocycles. The molecule has 2 saturated heterocycles. The van der Waals surface area contributed by atoms with Crippen molar-refractivity contribution in [1.82, 2.24) is 14.9 Å². The summed E-state index contributed by atoms with van der Waals surface area (Å²) in [6.07, 6.45) is 7.29. The van der Waals surface area contributed by atoms with Crippen molar-refractivity contribution in [3.63, 3.8) is 0 Å². The van der Waals surface area contributed by atoms with Crippen LogP contribution in [0, 0.1) is 5.41 Å². The van der Waals surface area contributed by atoms with Crippen molar-refractivity contribution >= 4 is 11.8 Å². The van der Waals surface area contributed by atoms with Crippen LogP contribution in [0.15, 0.2) is 30.3 Å². The second-order valence-corrected chi connectivity index (χ2v) is 9.23. The summed E-state index contributed by atoms with van der Waals surface area (Å²) in [7, 11) is 0. The fourth-order valence-electron chi connectivity index (χ4n) is 5.82. The summed E-state index contributed by atoms with van der Waals surface area (Å²) in [5.74, 6) is 1.89. The molecular formula is C24H33N5. The number of hydrogen-bond donors (Lipinski definition) is 1. The Kier molecular flexibility index (Phi) is 4.94. The van der Waals surface area contributed by atoms with E-state index in [2.05, 4.69) is 47.1 Å². The molecule has 3 heterocycles. The molecule has 0 radical (unpaired) electrons. The Morgan fingerprint density at radius 1 is 1.07 bits per heavy atom. The number of nitrogen functional groups attached to an aromatic ring is 1. The van der Waals surface area contributed by atoms with Crippen LogP contribution >= 0.6 is 0 Å². The smallest absolute Gasteiger partial charge is 0.222 e. The number of aromatic nitrogens is 2. The first kappa shape index (κ1) is 18.9. The minimum absolute atomic E-state index is 0.341. The number of nitrogens with zero attached hydrogens (tertiary/aromatic N) is 4. The Morgan fingerprint density at radius 3 is 2.55 bits per heavy atom. The molecule has 5 heteroatoms. The number of anilines is 2. The molecular weight excluding hydrogens is 358 g/mol. The third-order valence-corrected chi connectivity index (χ3v) is 7.57. The Hall–Kier alpha value is -2.14. The molecule has 29 heavy (non-hydrogen) atoms. The minimum atomic E-state index is 0.341. The molecule has 2 fully saturated rings. The van der Waals surface area contributed by atoms with E-state index < -0.39 is 0 Å². The van der Waals surface area contributed by atoms with E-state index in [-0.39, 0.29) is 0 Å². The lowest BCUT2D eigenvalue weighted by molar-refractivity contribution is 0.212. The zero-order chi connectivity index (χ0) is 19.8. The highest BCUT2D eigenvalue weighted by molar-refractivity contribution is 5.55.